The first-order valence-corrected chi connectivity index (χ1v) is 11.1. The maximum Gasteiger partial charge on any atom is 0.247 e. The number of allylic oxidation sites excluding steroid dienone is 1. The summed E-state index contributed by atoms with van der Waals surface area (Å²) in [5.74, 6) is 0.196. The molecule has 0 saturated heterocycles. The van der Waals surface area contributed by atoms with Gasteiger partial charge in [-0.3, -0.25) is 4.79 Å². The van der Waals surface area contributed by atoms with Gasteiger partial charge >= 0.3 is 0 Å². The smallest absolute Gasteiger partial charge is 0.247 e. The topological polar surface area (TPSA) is 110 Å². The molecule has 7 nitrogen and oxygen atoms in total. The highest BCUT2D eigenvalue weighted by Crippen LogP contribution is 2.50. The van der Waals surface area contributed by atoms with E-state index in [0.717, 1.165) is 53.6 Å². The molecule has 0 radical (unpaired) electrons. The summed E-state index contributed by atoms with van der Waals surface area (Å²) in [6.07, 6.45) is 6.85. The molecule has 1 aromatic heterocycles. The SMILES string of the molecule is CC1=C(C(N)=O)C(c2ccc(C#N)c3c2OCC3)c2c(OC3CCCC3)ncc(C)c2N1. The molecule has 2 aromatic rings. The molecular formula is C25H26N4O3. The lowest BCUT2D eigenvalue weighted by molar-refractivity contribution is -0.114. The van der Waals surface area contributed by atoms with Crippen molar-refractivity contribution in [2.45, 2.75) is 58.0 Å². The molecule has 164 valence electrons. The number of rotatable bonds is 4. The van der Waals surface area contributed by atoms with Crippen LogP contribution in [0.25, 0.3) is 0 Å². The van der Waals surface area contributed by atoms with Crippen molar-refractivity contribution in [1.82, 2.24) is 4.98 Å². The van der Waals surface area contributed by atoms with E-state index in [-0.39, 0.29) is 6.10 Å². The number of aromatic nitrogens is 1. The van der Waals surface area contributed by atoms with Crippen LogP contribution in [-0.4, -0.2) is 23.6 Å². The van der Waals surface area contributed by atoms with Crippen LogP contribution in [-0.2, 0) is 11.2 Å². The van der Waals surface area contributed by atoms with Gasteiger partial charge in [0.15, 0.2) is 0 Å². The molecule has 1 unspecified atom stereocenters. The van der Waals surface area contributed by atoms with Crippen molar-refractivity contribution in [3.8, 4) is 17.7 Å². The van der Waals surface area contributed by atoms with Gasteiger partial charge in [0.25, 0.3) is 0 Å². The van der Waals surface area contributed by atoms with Gasteiger partial charge in [-0.2, -0.15) is 5.26 Å². The van der Waals surface area contributed by atoms with Gasteiger partial charge < -0.3 is 20.5 Å². The van der Waals surface area contributed by atoms with Crippen molar-refractivity contribution in [1.29, 1.82) is 5.26 Å². The predicted octanol–water partition coefficient (Wildman–Crippen LogP) is 3.83. The van der Waals surface area contributed by atoms with E-state index in [4.69, 9.17) is 15.2 Å². The van der Waals surface area contributed by atoms with Gasteiger partial charge in [0.1, 0.15) is 11.9 Å². The Labute approximate surface area is 187 Å². The van der Waals surface area contributed by atoms with Crippen LogP contribution in [0.1, 0.15) is 66.3 Å². The number of ether oxygens (including phenoxy) is 2. The van der Waals surface area contributed by atoms with E-state index >= 15 is 0 Å². The van der Waals surface area contributed by atoms with Gasteiger partial charge in [-0.05, 0) is 51.2 Å². The molecule has 1 saturated carbocycles. The second-order valence-corrected chi connectivity index (χ2v) is 8.74. The average molecular weight is 431 g/mol. The number of nitriles is 1. The standard InChI is InChI=1S/C25H26N4O3/c1-13-12-28-25(32-16-5-3-4-6-16)21-20(19(24(27)30)14(2)29-22(13)21)18-8-7-15(11-26)17-9-10-31-23(17)18/h7-8,12,16,20,29H,3-6,9-10H2,1-2H3,(H2,27,30). The zero-order valence-corrected chi connectivity index (χ0v) is 18.3. The fraction of sp³-hybridized carbons (Fsp3) is 0.400. The number of nitrogens with one attached hydrogen (secondary N) is 1. The molecule has 1 aliphatic carbocycles. The van der Waals surface area contributed by atoms with Gasteiger partial charge in [-0.15, -0.1) is 0 Å². The molecule has 0 spiro atoms. The van der Waals surface area contributed by atoms with Gasteiger partial charge in [0.05, 0.1) is 35.4 Å². The van der Waals surface area contributed by atoms with Gasteiger partial charge in [0, 0.05) is 35.0 Å². The van der Waals surface area contributed by atoms with Crippen LogP contribution in [0.4, 0.5) is 5.69 Å². The molecule has 1 fully saturated rings. The number of nitrogens with zero attached hydrogens (tertiary/aromatic N) is 2. The number of hydrogen-bond donors (Lipinski definition) is 2. The summed E-state index contributed by atoms with van der Waals surface area (Å²) in [5, 5.41) is 12.9. The number of carbonyl (C=O) groups excluding carboxylic acids is 1. The minimum Gasteiger partial charge on any atom is -0.493 e. The molecule has 32 heavy (non-hydrogen) atoms. The summed E-state index contributed by atoms with van der Waals surface area (Å²) in [4.78, 5) is 17.3. The summed E-state index contributed by atoms with van der Waals surface area (Å²) in [6, 6.07) is 5.94. The maximum atomic E-state index is 12.7. The number of nitrogens with two attached hydrogens (primary N) is 1. The first-order valence-electron chi connectivity index (χ1n) is 11.1. The van der Waals surface area contributed by atoms with E-state index in [1.165, 1.54) is 0 Å². The van der Waals surface area contributed by atoms with Crippen LogP contribution >= 0.6 is 0 Å². The van der Waals surface area contributed by atoms with Gasteiger partial charge in [-0.1, -0.05) is 6.07 Å². The van der Waals surface area contributed by atoms with Crippen molar-refractivity contribution >= 4 is 11.6 Å². The Kier molecular flexibility index (Phi) is 5.01. The number of pyridine rings is 1. The van der Waals surface area contributed by atoms with E-state index in [1.807, 2.05) is 19.9 Å². The maximum absolute atomic E-state index is 12.7. The predicted molar refractivity (Wildman–Crippen MR) is 120 cm³/mol. The highest BCUT2D eigenvalue weighted by atomic mass is 16.5. The van der Waals surface area contributed by atoms with Crippen molar-refractivity contribution < 1.29 is 14.3 Å². The van der Waals surface area contributed by atoms with E-state index in [1.54, 1.807) is 12.3 Å². The summed E-state index contributed by atoms with van der Waals surface area (Å²) >= 11 is 0. The van der Waals surface area contributed by atoms with Crippen LogP contribution in [0.2, 0.25) is 0 Å². The molecule has 1 aromatic carbocycles. The zero-order chi connectivity index (χ0) is 22.4. The van der Waals surface area contributed by atoms with Crippen LogP contribution in [0, 0.1) is 18.3 Å². The van der Waals surface area contributed by atoms with Crippen LogP contribution < -0.4 is 20.5 Å². The number of hydrogen-bond acceptors (Lipinski definition) is 6. The molecular weight excluding hydrogens is 404 g/mol. The first kappa shape index (κ1) is 20.4. The molecule has 1 amide bonds. The van der Waals surface area contributed by atoms with E-state index in [2.05, 4.69) is 16.4 Å². The summed E-state index contributed by atoms with van der Waals surface area (Å²) in [6.45, 7) is 4.35. The Morgan fingerprint density at radius 1 is 1.31 bits per heavy atom. The third-order valence-corrected chi connectivity index (χ3v) is 6.73. The minimum absolute atomic E-state index is 0.113. The number of carbonyl (C=O) groups is 1. The lowest BCUT2D eigenvalue weighted by Gasteiger charge is -2.33. The number of amides is 1. The molecule has 1 atom stereocenters. The molecule has 3 N–H and O–H groups in total. The molecule has 0 bridgehead atoms. The number of aryl methyl sites for hydroxylation is 1. The highest BCUT2D eigenvalue weighted by Gasteiger charge is 2.39. The van der Waals surface area contributed by atoms with Gasteiger partial charge in [0.2, 0.25) is 11.8 Å². The Hall–Kier alpha value is -3.53. The molecule has 3 aliphatic rings. The van der Waals surface area contributed by atoms with E-state index in [9.17, 15) is 10.1 Å². The molecule has 2 aliphatic heterocycles. The van der Waals surface area contributed by atoms with Gasteiger partial charge in [-0.25, -0.2) is 4.98 Å². The van der Waals surface area contributed by atoms with Crippen LogP contribution in [0.3, 0.4) is 0 Å². The Balaban J connectivity index is 1.75. The minimum atomic E-state index is -0.505. The normalized spacial score (nSPS) is 19.6. The molecule has 3 heterocycles. The average Bonchev–Trinajstić information content (AvgIpc) is 3.46. The van der Waals surface area contributed by atoms with Crippen molar-refractivity contribution in [2.75, 3.05) is 11.9 Å². The van der Waals surface area contributed by atoms with E-state index in [0.29, 0.717) is 41.5 Å². The lowest BCUT2D eigenvalue weighted by atomic mass is 9.79. The number of primary amides is 1. The largest absolute Gasteiger partial charge is 0.493 e. The third kappa shape index (κ3) is 3.18. The zero-order valence-electron chi connectivity index (χ0n) is 18.3. The Morgan fingerprint density at radius 3 is 2.81 bits per heavy atom. The lowest BCUT2D eigenvalue weighted by Crippen LogP contribution is -2.29. The fourth-order valence-electron chi connectivity index (χ4n) is 5.21. The quantitative estimate of drug-likeness (QED) is 0.763. The first-order chi connectivity index (χ1) is 15.5. The van der Waals surface area contributed by atoms with Crippen LogP contribution in [0.5, 0.6) is 11.6 Å². The van der Waals surface area contributed by atoms with E-state index < -0.39 is 11.8 Å². The van der Waals surface area contributed by atoms with Crippen molar-refractivity contribution in [3.05, 3.63) is 57.4 Å². The number of anilines is 1. The highest BCUT2D eigenvalue weighted by molar-refractivity contribution is 5.98. The second kappa shape index (κ2) is 7.86. The van der Waals surface area contributed by atoms with Crippen LogP contribution in [0.15, 0.2) is 29.6 Å². The Morgan fingerprint density at radius 2 is 2.09 bits per heavy atom. The second-order valence-electron chi connectivity index (χ2n) is 8.74. The summed E-state index contributed by atoms with van der Waals surface area (Å²) in [7, 11) is 0. The number of benzene rings is 1. The molecule has 5 rings (SSSR count). The monoisotopic (exact) mass is 430 g/mol. The van der Waals surface area contributed by atoms with Crippen molar-refractivity contribution in [3.63, 3.8) is 0 Å². The van der Waals surface area contributed by atoms with Crippen molar-refractivity contribution in [2.24, 2.45) is 5.73 Å². The third-order valence-electron chi connectivity index (χ3n) is 6.73. The summed E-state index contributed by atoms with van der Waals surface area (Å²) in [5.41, 5.74) is 12.0. The fourth-order valence-corrected chi connectivity index (χ4v) is 5.21. The number of fused-ring (bicyclic) bond motifs is 2. The summed E-state index contributed by atoms with van der Waals surface area (Å²) < 4.78 is 12.4. The molecule has 7 heteroatoms. The Bertz CT molecular complexity index is 1190.